The van der Waals surface area contributed by atoms with Gasteiger partial charge in [-0.2, -0.15) is 0 Å². The van der Waals surface area contributed by atoms with E-state index in [9.17, 15) is 4.79 Å². The summed E-state index contributed by atoms with van der Waals surface area (Å²) in [6.45, 7) is 2.45. The van der Waals surface area contributed by atoms with Gasteiger partial charge in [0.15, 0.2) is 5.58 Å². The van der Waals surface area contributed by atoms with Crippen molar-refractivity contribution < 1.29 is 13.9 Å². The van der Waals surface area contributed by atoms with E-state index in [1.165, 1.54) is 11.8 Å². The Morgan fingerprint density at radius 1 is 0.935 bits per heavy atom. The third kappa shape index (κ3) is 4.06. The Morgan fingerprint density at radius 2 is 1.61 bits per heavy atom. The number of rotatable bonds is 5. The fourth-order valence-electron chi connectivity index (χ4n) is 3.69. The van der Waals surface area contributed by atoms with Crippen LogP contribution in [0, 0.1) is 0 Å². The minimum atomic E-state index is 0.0817. The van der Waals surface area contributed by atoms with E-state index in [4.69, 9.17) is 9.15 Å². The molecule has 1 aliphatic rings. The molecule has 0 atom stereocenters. The number of nitrogens with zero attached hydrogens (tertiary/aromatic N) is 3. The van der Waals surface area contributed by atoms with Gasteiger partial charge in [0.25, 0.3) is 0 Å². The number of ether oxygens (including phenoxy) is 1. The Kier molecular flexibility index (Phi) is 5.69. The molecule has 0 unspecified atom stereocenters. The highest BCUT2D eigenvalue weighted by Gasteiger charge is 2.23. The zero-order valence-corrected chi connectivity index (χ0v) is 17.7. The SMILES string of the molecule is O=C(CSc1ncnc2c(-c3ccccc3)c(-c3ccccc3)oc12)N1CCOCC1. The Balaban J connectivity index is 1.54. The van der Waals surface area contributed by atoms with Crippen LogP contribution in [-0.2, 0) is 9.53 Å². The van der Waals surface area contributed by atoms with Crippen LogP contribution in [0.1, 0.15) is 0 Å². The van der Waals surface area contributed by atoms with Gasteiger partial charge in [-0.15, -0.1) is 0 Å². The van der Waals surface area contributed by atoms with Crippen LogP contribution >= 0.6 is 11.8 Å². The number of fused-ring (bicyclic) bond motifs is 1. The summed E-state index contributed by atoms with van der Waals surface area (Å²) in [7, 11) is 0. The summed E-state index contributed by atoms with van der Waals surface area (Å²) in [4.78, 5) is 23.4. The lowest BCUT2D eigenvalue weighted by atomic mass is 10.0. The van der Waals surface area contributed by atoms with Crippen LogP contribution in [0.5, 0.6) is 0 Å². The number of thioether (sulfide) groups is 1. The summed E-state index contributed by atoms with van der Waals surface area (Å²) in [5.41, 5.74) is 4.30. The second kappa shape index (κ2) is 8.91. The van der Waals surface area contributed by atoms with Crippen LogP contribution in [-0.4, -0.2) is 52.8 Å². The number of furan rings is 1. The van der Waals surface area contributed by atoms with E-state index in [2.05, 4.69) is 9.97 Å². The molecule has 1 amide bonds. The number of amides is 1. The van der Waals surface area contributed by atoms with E-state index in [0.29, 0.717) is 42.7 Å². The van der Waals surface area contributed by atoms with Gasteiger partial charge in [-0.25, -0.2) is 9.97 Å². The maximum atomic E-state index is 12.6. The van der Waals surface area contributed by atoms with Gasteiger partial charge in [0.05, 0.1) is 24.5 Å². The lowest BCUT2D eigenvalue weighted by Gasteiger charge is -2.26. The number of aromatic nitrogens is 2. The van der Waals surface area contributed by atoms with E-state index in [0.717, 1.165) is 28.0 Å². The minimum absolute atomic E-state index is 0.0817. The number of morpholine rings is 1. The highest BCUT2D eigenvalue weighted by atomic mass is 32.2. The predicted molar refractivity (Wildman–Crippen MR) is 121 cm³/mol. The Hall–Kier alpha value is -3.16. The molecule has 7 heteroatoms. The lowest BCUT2D eigenvalue weighted by Crippen LogP contribution is -2.41. The molecule has 0 radical (unpaired) electrons. The van der Waals surface area contributed by atoms with E-state index in [1.807, 2.05) is 65.6 Å². The molecule has 5 rings (SSSR count). The van der Waals surface area contributed by atoms with Gasteiger partial charge in [0.2, 0.25) is 5.91 Å². The van der Waals surface area contributed by atoms with Crippen molar-refractivity contribution in [1.82, 2.24) is 14.9 Å². The third-order valence-corrected chi connectivity index (χ3v) is 6.19. The molecule has 4 aromatic rings. The summed E-state index contributed by atoms with van der Waals surface area (Å²) in [6, 6.07) is 20.1. The van der Waals surface area contributed by atoms with E-state index < -0.39 is 0 Å². The van der Waals surface area contributed by atoms with Gasteiger partial charge in [0.1, 0.15) is 22.6 Å². The molecule has 0 bridgehead atoms. The van der Waals surface area contributed by atoms with Gasteiger partial charge >= 0.3 is 0 Å². The van der Waals surface area contributed by atoms with Crippen molar-refractivity contribution in [2.75, 3.05) is 32.1 Å². The molecule has 2 aromatic carbocycles. The summed E-state index contributed by atoms with van der Waals surface area (Å²) in [5.74, 6) is 1.13. The lowest BCUT2D eigenvalue weighted by molar-refractivity contribution is -0.132. The second-order valence-corrected chi connectivity index (χ2v) is 8.14. The van der Waals surface area contributed by atoms with Crippen LogP contribution in [0.4, 0.5) is 0 Å². The fraction of sp³-hybridized carbons (Fsp3) is 0.208. The van der Waals surface area contributed by atoms with Crippen molar-refractivity contribution in [2.24, 2.45) is 0 Å². The topological polar surface area (TPSA) is 68.5 Å². The second-order valence-electron chi connectivity index (χ2n) is 7.18. The average Bonchev–Trinajstić information content (AvgIpc) is 3.24. The van der Waals surface area contributed by atoms with Crippen molar-refractivity contribution in [1.29, 1.82) is 0 Å². The van der Waals surface area contributed by atoms with Crippen LogP contribution in [0.3, 0.4) is 0 Å². The summed E-state index contributed by atoms with van der Waals surface area (Å²) < 4.78 is 11.7. The zero-order valence-electron chi connectivity index (χ0n) is 16.9. The molecular formula is C24H21N3O3S. The van der Waals surface area contributed by atoms with E-state index in [1.54, 1.807) is 6.33 Å². The first kappa shape index (κ1) is 19.8. The number of hydrogen-bond donors (Lipinski definition) is 0. The van der Waals surface area contributed by atoms with Crippen LogP contribution in [0.2, 0.25) is 0 Å². The third-order valence-electron chi connectivity index (χ3n) is 5.23. The highest BCUT2D eigenvalue weighted by molar-refractivity contribution is 8.00. The molecule has 156 valence electrons. The van der Waals surface area contributed by atoms with E-state index >= 15 is 0 Å². The molecule has 0 saturated carbocycles. The van der Waals surface area contributed by atoms with Crippen molar-refractivity contribution in [3.05, 3.63) is 67.0 Å². The van der Waals surface area contributed by atoms with Gasteiger partial charge in [0, 0.05) is 18.7 Å². The minimum Gasteiger partial charge on any atom is -0.451 e. The van der Waals surface area contributed by atoms with E-state index in [-0.39, 0.29) is 5.91 Å². The standard InChI is InChI=1S/C24H21N3O3S/c28-19(27-11-13-29-14-12-27)15-31-24-23-21(25-16-26-24)20(17-7-3-1-4-8-17)22(30-23)18-9-5-2-6-10-18/h1-10,16H,11-15H2. The quantitative estimate of drug-likeness (QED) is 0.342. The van der Waals surface area contributed by atoms with Crippen molar-refractivity contribution in [3.63, 3.8) is 0 Å². The number of carbonyl (C=O) groups excluding carboxylic acids is 1. The van der Waals surface area contributed by atoms with Gasteiger partial charge in [-0.05, 0) is 5.56 Å². The largest absolute Gasteiger partial charge is 0.451 e. The fourth-order valence-corrected chi connectivity index (χ4v) is 4.52. The van der Waals surface area contributed by atoms with Crippen LogP contribution in [0.25, 0.3) is 33.6 Å². The summed E-state index contributed by atoms with van der Waals surface area (Å²) in [6.07, 6.45) is 1.54. The Morgan fingerprint density at radius 3 is 2.32 bits per heavy atom. The monoisotopic (exact) mass is 431 g/mol. The van der Waals surface area contributed by atoms with Crippen LogP contribution < -0.4 is 0 Å². The molecule has 6 nitrogen and oxygen atoms in total. The predicted octanol–water partition coefficient (Wildman–Crippen LogP) is 4.51. The van der Waals surface area contributed by atoms with Crippen molar-refractivity contribution >= 4 is 28.8 Å². The molecule has 2 aromatic heterocycles. The van der Waals surface area contributed by atoms with Crippen LogP contribution in [0.15, 0.2) is 76.4 Å². The maximum absolute atomic E-state index is 12.6. The highest BCUT2D eigenvalue weighted by Crippen LogP contribution is 2.42. The molecule has 31 heavy (non-hydrogen) atoms. The molecule has 0 spiro atoms. The Labute approximate surface area is 184 Å². The Bertz CT molecular complexity index is 1190. The smallest absolute Gasteiger partial charge is 0.233 e. The molecule has 0 aliphatic carbocycles. The van der Waals surface area contributed by atoms with Gasteiger partial charge < -0.3 is 14.1 Å². The number of benzene rings is 2. The normalized spacial score (nSPS) is 14.1. The molecule has 1 aliphatic heterocycles. The molecular weight excluding hydrogens is 410 g/mol. The number of carbonyl (C=O) groups is 1. The van der Waals surface area contributed by atoms with Crippen molar-refractivity contribution in [3.8, 4) is 22.5 Å². The molecule has 1 fully saturated rings. The maximum Gasteiger partial charge on any atom is 0.233 e. The summed E-state index contributed by atoms with van der Waals surface area (Å²) >= 11 is 1.39. The van der Waals surface area contributed by atoms with Gasteiger partial charge in [-0.1, -0.05) is 72.4 Å². The molecule has 1 saturated heterocycles. The molecule has 3 heterocycles. The van der Waals surface area contributed by atoms with Crippen molar-refractivity contribution in [2.45, 2.75) is 5.03 Å². The zero-order chi connectivity index (χ0) is 21.0. The van der Waals surface area contributed by atoms with Gasteiger partial charge in [-0.3, -0.25) is 4.79 Å². The summed E-state index contributed by atoms with van der Waals surface area (Å²) in [5, 5.41) is 0.672. The first-order valence-electron chi connectivity index (χ1n) is 10.2. The number of hydrogen-bond acceptors (Lipinski definition) is 6. The first-order valence-corrected chi connectivity index (χ1v) is 11.2. The average molecular weight is 432 g/mol. The first-order chi connectivity index (χ1) is 15.3. The molecule has 0 N–H and O–H groups in total.